The Morgan fingerprint density at radius 1 is 0.769 bits per heavy atom. The first-order valence-electron chi connectivity index (χ1n) is 13.5. The zero-order chi connectivity index (χ0) is 27.3. The number of aliphatic carboxylic acids is 1. The summed E-state index contributed by atoms with van der Waals surface area (Å²) in [6.45, 7) is 2.97. The van der Waals surface area contributed by atoms with Crippen molar-refractivity contribution in [2.45, 2.75) is 38.7 Å². The summed E-state index contributed by atoms with van der Waals surface area (Å²) >= 11 is 0. The van der Waals surface area contributed by atoms with Gasteiger partial charge in [0, 0.05) is 13.0 Å². The second-order valence-corrected chi connectivity index (χ2v) is 9.63. The van der Waals surface area contributed by atoms with Crippen LogP contribution in [0.25, 0.3) is 16.7 Å². The molecule has 0 amide bonds. The van der Waals surface area contributed by atoms with Gasteiger partial charge >= 0.3 is 5.97 Å². The highest BCUT2D eigenvalue weighted by Gasteiger charge is 2.18. The standard InChI is InChI=1S/C35H36O4/c1-27(30-17-19-32(20-18-30)31-13-6-3-7-14-31)23-25-38-33-21-15-29(16-22-33)26-34(35(36)37)39-24-9-8-12-28-10-4-2-5-11-28/h2-7,10-11,13-23,34H,8-9,12,24-26H2,1H3,(H,36,37). The molecule has 0 saturated carbocycles. The van der Waals surface area contributed by atoms with E-state index in [2.05, 4.69) is 61.5 Å². The van der Waals surface area contributed by atoms with Crippen LogP contribution < -0.4 is 4.74 Å². The summed E-state index contributed by atoms with van der Waals surface area (Å²) in [5.41, 5.74) is 6.91. The Morgan fingerprint density at radius 3 is 2.08 bits per heavy atom. The lowest BCUT2D eigenvalue weighted by molar-refractivity contribution is -0.150. The number of carboxylic acids is 1. The van der Waals surface area contributed by atoms with E-state index < -0.39 is 12.1 Å². The highest BCUT2D eigenvalue weighted by Crippen LogP contribution is 2.22. The van der Waals surface area contributed by atoms with Crippen molar-refractivity contribution in [3.8, 4) is 16.9 Å². The van der Waals surface area contributed by atoms with Crippen LogP contribution in [0.2, 0.25) is 0 Å². The van der Waals surface area contributed by atoms with Gasteiger partial charge in [-0.3, -0.25) is 0 Å². The van der Waals surface area contributed by atoms with Gasteiger partial charge in [-0.15, -0.1) is 0 Å². The van der Waals surface area contributed by atoms with E-state index >= 15 is 0 Å². The number of unbranched alkanes of at least 4 members (excludes halogenated alkanes) is 1. The van der Waals surface area contributed by atoms with Crippen LogP contribution in [0, 0.1) is 0 Å². The number of carbonyl (C=O) groups is 1. The zero-order valence-corrected chi connectivity index (χ0v) is 22.5. The van der Waals surface area contributed by atoms with Gasteiger partial charge in [0.05, 0.1) is 0 Å². The van der Waals surface area contributed by atoms with E-state index in [0.717, 1.165) is 41.7 Å². The second kappa shape index (κ2) is 14.7. The molecule has 0 aliphatic carbocycles. The summed E-state index contributed by atoms with van der Waals surface area (Å²) in [6, 6.07) is 36.7. The Labute approximate surface area is 231 Å². The molecule has 4 aromatic carbocycles. The molecule has 0 aliphatic rings. The van der Waals surface area contributed by atoms with Crippen LogP contribution in [0.4, 0.5) is 0 Å². The molecule has 0 radical (unpaired) electrons. The maximum atomic E-state index is 11.7. The fourth-order valence-electron chi connectivity index (χ4n) is 4.39. The minimum absolute atomic E-state index is 0.326. The fraction of sp³-hybridized carbons (Fsp3) is 0.229. The van der Waals surface area contributed by atoms with Crippen molar-refractivity contribution in [3.05, 3.63) is 132 Å². The minimum Gasteiger partial charge on any atom is -0.490 e. The molecule has 4 rings (SSSR count). The lowest BCUT2D eigenvalue weighted by atomic mass is 10.0. The number of hydrogen-bond donors (Lipinski definition) is 1. The van der Waals surface area contributed by atoms with Crippen molar-refractivity contribution in [3.63, 3.8) is 0 Å². The van der Waals surface area contributed by atoms with Gasteiger partial charge < -0.3 is 14.6 Å². The maximum absolute atomic E-state index is 11.7. The molecular weight excluding hydrogens is 484 g/mol. The summed E-state index contributed by atoms with van der Waals surface area (Å²) in [5, 5.41) is 9.60. The summed E-state index contributed by atoms with van der Waals surface area (Å²) < 4.78 is 11.6. The molecule has 0 fully saturated rings. The first kappa shape index (κ1) is 27.9. The number of allylic oxidation sites excluding steroid dienone is 1. The van der Waals surface area contributed by atoms with Gasteiger partial charge in [-0.05, 0) is 77.8 Å². The molecule has 0 bridgehead atoms. The SMILES string of the molecule is CC(=CCOc1ccc(CC(OCCCCc2ccccc2)C(=O)O)cc1)c1ccc(-c2ccccc2)cc1. The van der Waals surface area contributed by atoms with E-state index in [1.807, 2.05) is 60.7 Å². The van der Waals surface area contributed by atoms with Crippen LogP contribution in [0.15, 0.2) is 115 Å². The molecule has 0 aromatic heterocycles. The Kier molecular flexibility index (Phi) is 10.5. The maximum Gasteiger partial charge on any atom is 0.333 e. The van der Waals surface area contributed by atoms with Gasteiger partial charge in [0.25, 0.3) is 0 Å². The van der Waals surface area contributed by atoms with E-state index in [-0.39, 0.29) is 0 Å². The molecule has 200 valence electrons. The Hall–Kier alpha value is -4.15. The molecule has 1 unspecified atom stereocenters. The molecule has 39 heavy (non-hydrogen) atoms. The molecule has 0 spiro atoms. The highest BCUT2D eigenvalue weighted by atomic mass is 16.5. The van der Waals surface area contributed by atoms with Crippen LogP contribution in [0.1, 0.15) is 36.5 Å². The average Bonchev–Trinajstić information content (AvgIpc) is 2.98. The third-order valence-corrected chi connectivity index (χ3v) is 6.73. The largest absolute Gasteiger partial charge is 0.490 e. The number of rotatable bonds is 14. The van der Waals surface area contributed by atoms with Crippen LogP contribution in [0.3, 0.4) is 0 Å². The molecule has 1 atom stereocenters. The van der Waals surface area contributed by atoms with E-state index in [0.29, 0.717) is 19.6 Å². The van der Waals surface area contributed by atoms with Gasteiger partial charge in [-0.2, -0.15) is 0 Å². The zero-order valence-electron chi connectivity index (χ0n) is 22.5. The quantitative estimate of drug-likeness (QED) is 0.172. The number of hydrogen-bond acceptors (Lipinski definition) is 3. The lowest BCUT2D eigenvalue weighted by Gasteiger charge is -2.14. The van der Waals surface area contributed by atoms with Gasteiger partial charge in [0.1, 0.15) is 12.4 Å². The fourth-order valence-corrected chi connectivity index (χ4v) is 4.39. The highest BCUT2D eigenvalue weighted by molar-refractivity contribution is 5.72. The van der Waals surface area contributed by atoms with Crippen molar-refractivity contribution in [2.75, 3.05) is 13.2 Å². The van der Waals surface area contributed by atoms with Gasteiger partial charge in [0.15, 0.2) is 6.10 Å². The monoisotopic (exact) mass is 520 g/mol. The Balaban J connectivity index is 1.21. The van der Waals surface area contributed by atoms with Crippen molar-refractivity contribution in [2.24, 2.45) is 0 Å². The topological polar surface area (TPSA) is 55.8 Å². The first-order valence-corrected chi connectivity index (χ1v) is 13.5. The van der Waals surface area contributed by atoms with Crippen LogP contribution in [-0.2, 0) is 22.4 Å². The van der Waals surface area contributed by atoms with Crippen LogP contribution >= 0.6 is 0 Å². The van der Waals surface area contributed by atoms with Crippen molar-refractivity contribution < 1.29 is 19.4 Å². The smallest absolute Gasteiger partial charge is 0.333 e. The lowest BCUT2D eigenvalue weighted by Crippen LogP contribution is -2.26. The number of benzene rings is 4. The number of ether oxygens (including phenoxy) is 2. The summed E-state index contributed by atoms with van der Waals surface area (Å²) in [5.74, 6) is -0.188. The normalized spacial score (nSPS) is 12.2. The molecule has 4 heteroatoms. The molecule has 1 N–H and O–H groups in total. The summed E-state index contributed by atoms with van der Waals surface area (Å²) in [4.78, 5) is 11.7. The average molecular weight is 521 g/mol. The van der Waals surface area contributed by atoms with Crippen molar-refractivity contribution in [1.82, 2.24) is 0 Å². The molecule has 4 nitrogen and oxygen atoms in total. The predicted octanol–water partition coefficient (Wildman–Crippen LogP) is 7.87. The first-order chi connectivity index (χ1) is 19.1. The number of carboxylic acid groups (broad SMARTS) is 1. The molecule has 0 saturated heterocycles. The summed E-state index contributed by atoms with van der Waals surface area (Å²) in [7, 11) is 0. The molecule has 4 aromatic rings. The van der Waals surface area contributed by atoms with E-state index in [4.69, 9.17) is 9.47 Å². The predicted molar refractivity (Wildman–Crippen MR) is 158 cm³/mol. The van der Waals surface area contributed by atoms with Crippen LogP contribution in [0.5, 0.6) is 5.75 Å². The van der Waals surface area contributed by atoms with Gasteiger partial charge in [-0.1, -0.05) is 97.1 Å². The molecule has 0 aliphatic heterocycles. The second-order valence-electron chi connectivity index (χ2n) is 9.63. The van der Waals surface area contributed by atoms with Gasteiger partial charge in [-0.25, -0.2) is 4.79 Å². The minimum atomic E-state index is -0.934. The van der Waals surface area contributed by atoms with Crippen LogP contribution in [-0.4, -0.2) is 30.4 Å². The molecular formula is C35H36O4. The van der Waals surface area contributed by atoms with Crippen molar-refractivity contribution >= 4 is 11.5 Å². The van der Waals surface area contributed by atoms with Gasteiger partial charge in [0.2, 0.25) is 0 Å². The Morgan fingerprint density at radius 2 is 1.41 bits per heavy atom. The number of aryl methyl sites for hydroxylation is 1. The Bertz CT molecular complexity index is 1310. The van der Waals surface area contributed by atoms with E-state index in [1.54, 1.807) is 0 Å². The molecule has 0 heterocycles. The van der Waals surface area contributed by atoms with E-state index in [1.165, 1.54) is 16.7 Å². The van der Waals surface area contributed by atoms with Crippen molar-refractivity contribution in [1.29, 1.82) is 0 Å². The third-order valence-electron chi connectivity index (χ3n) is 6.73. The third kappa shape index (κ3) is 8.98. The van der Waals surface area contributed by atoms with E-state index in [9.17, 15) is 9.90 Å². The summed E-state index contributed by atoms with van der Waals surface area (Å²) in [6.07, 6.45) is 4.31.